The van der Waals surface area contributed by atoms with Gasteiger partial charge in [-0.25, -0.2) is 4.98 Å². The van der Waals surface area contributed by atoms with Gasteiger partial charge in [-0.1, -0.05) is 0 Å². The topological polar surface area (TPSA) is 45.5 Å². The molecule has 0 aliphatic rings. The van der Waals surface area contributed by atoms with Crippen molar-refractivity contribution in [2.24, 2.45) is 0 Å². The molecule has 18 heavy (non-hydrogen) atoms. The van der Waals surface area contributed by atoms with Crippen LogP contribution in [-0.4, -0.2) is 49.7 Å². The predicted octanol–water partition coefficient (Wildman–Crippen LogP) is 2.85. The summed E-state index contributed by atoms with van der Waals surface area (Å²) in [6, 6.07) is 0. The maximum absolute atomic E-state index is 5.47. The second-order valence-corrected chi connectivity index (χ2v) is 5.54. The zero-order valence-corrected chi connectivity index (χ0v) is 14.8. The van der Waals surface area contributed by atoms with Crippen LogP contribution in [0.15, 0.2) is 13.9 Å². The standard InChI is InChI=1S/C10H15Br3N2O3/c1-16-4-5-18-7-6-17-3-2-15-9(12)8(11)14-10(15)13/h2-7H2,1H3. The molecule has 0 saturated carbocycles. The third-order valence-electron chi connectivity index (χ3n) is 2.08. The fourth-order valence-corrected chi connectivity index (χ4v) is 3.01. The molecule has 0 bridgehead atoms. The molecule has 1 rings (SSSR count). The molecule has 1 aromatic rings. The predicted molar refractivity (Wildman–Crippen MR) is 78.8 cm³/mol. The summed E-state index contributed by atoms with van der Waals surface area (Å²) < 4.78 is 20.0. The molecule has 8 heteroatoms. The van der Waals surface area contributed by atoms with Crippen molar-refractivity contribution in [3.63, 3.8) is 0 Å². The second-order valence-electron chi connectivity index (χ2n) is 3.33. The molecule has 1 heterocycles. The highest BCUT2D eigenvalue weighted by Crippen LogP contribution is 2.26. The van der Waals surface area contributed by atoms with Gasteiger partial charge in [0.25, 0.3) is 0 Å². The van der Waals surface area contributed by atoms with Gasteiger partial charge in [0, 0.05) is 13.7 Å². The maximum atomic E-state index is 5.47. The molecule has 0 radical (unpaired) electrons. The van der Waals surface area contributed by atoms with Crippen LogP contribution in [0.2, 0.25) is 0 Å². The maximum Gasteiger partial charge on any atom is 0.179 e. The molecule has 0 aromatic carbocycles. The number of halogens is 3. The Bertz CT molecular complexity index is 360. The molecule has 104 valence electrons. The van der Waals surface area contributed by atoms with Crippen LogP contribution < -0.4 is 0 Å². The minimum atomic E-state index is 0.578. The van der Waals surface area contributed by atoms with E-state index in [9.17, 15) is 0 Å². The zero-order chi connectivity index (χ0) is 13.4. The molecule has 0 spiro atoms. The molecule has 0 N–H and O–H groups in total. The van der Waals surface area contributed by atoms with Gasteiger partial charge in [0.05, 0.1) is 33.0 Å². The van der Waals surface area contributed by atoms with E-state index in [1.165, 1.54) is 0 Å². The van der Waals surface area contributed by atoms with E-state index in [0.29, 0.717) is 33.0 Å². The van der Waals surface area contributed by atoms with Gasteiger partial charge in [0.1, 0.15) is 9.21 Å². The number of methoxy groups -OCH3 is 1. The van der Waals surface area contributed by atoms with Gasteiger partial charge in [-0.05, 0) is 47.8 Å². The van der Waals surface area contributed by atoms with Crippen LogP contribution >= 0.6 is 47.8 Å². The zero-order valence-electron chi connectivity index (χ0n) is 10.00. The van der Waals surface area contributed by atoms with Crippen LogP contribution in [0, 0.1) is 0 Å². The molecule has 0 amide bonds. The number of imidazole rings is 1. The molecular weight excluding hydrogens is 436 g/mol. The summed E-state index contributed by atoms with van der Waals surface area (Å²) in [5, 5.41) is 0. The van der Waals surface area contributed by atoms with Crippen molar-refractivity contribution in [2.75, 3.05) is 40.1 Å². The molecule has 0 unspecified atom stereocenters. The second kappa shape index (κ2) is 9.44. The van der Waals surface area contributed by atoms with Crippen molar-refractivity contribution in [2.45, 2.75) is 6.54 Å². The Hall–Kier alpha value is 0.530. The molecule has 0 fully saturated rings. The summed E-state index contributed by atoms with van der Waals surface area (Å²) in [6.45, 7) is 3.70. The van der Waals surface area contributed by atoms with Crippen molar-refractivity contribution in [1.82, 2.24) is 9.55 Å². The van der Waals surface area contributed by atoms with E-state index in [2.05, 4.69) is 52.8 Å². The number of hydrogen-bond donors (Lipinski definition) is 0. The Morgan fingerprint density at radius 2 is 1.61 bits per heavy atom. The van der Waals surface area contributed by atoms with Crippen LogP contribution in [-0.2, 0) is 20.8 Å². The van der Waals surface area contributed by atoms with E-state index in [4.69, 9.17) is 14.2 Å². The van der Waals surface area contributed by atoms with Crippen molar-refractivity contribution < 1.29 is 14.2 Å². The summed E-state index contributed by atoms with van der Waals surface area (Å²) in [4.78, 5) is 4.21. The van der Waals surface area contributed by atoms with Gasteiger partial charge >= 0.3 is 0 Å². The molecular formula is C10H15Br3N2O3. The van der Waals surface area contributed by atoms with E-state index < -0.39 is 0 Å². The van der Waals surface area contributed by atoms with E-state index in [1.807, 2.05) is 4.57 Å². The number of nitrogens with zero attached hydrogens (tertiary/aromatic N) is 2. The third kappa shape index (κ3) is 5.66. The number of hydrogen-bond acceptors (Lipinski definition) is 4. The average molecular weight is 451 g/mol. The normalized spacial score (nSPS) is 11.1. The summed E-state index contributed by atoms with van der Waals surface area (Å²) >= 11 is 10.2. The number of ether oxygens (including phenoxy) is 3. The lowest BCUT2D eigenvalue weighted by atomic mass is 10.6. The molecule has 0 aliphatic heterocycles. The highest BCUT2D eigenvalue weighted by Gasteiger charge is 2.10. The van der Waals surface area contributed by atoms with Gasteiger partial charge in [-0.3, -0.25) is 0 Å². The lowest BCUT2D eigenvalue weighted by Crippen LogP contribution is -2.12. The van der Waals surface area contributed by atoms with E-state index in [-0.39, 0.29) is 0 Å². The Kier molecular flexibility index (Phi) is 8.69. The molecule has 0 saturated heterocycles. The quantitative estimate of drug-likeness (QED) is 0.543. The molecule has 5 nitrogen and oxygen atoms in total. The van der Waals surface area contributed by atoms with Crippen molar-refractivity contribution >= 4 is 47.8 Å². The Balaban J connectivity index is 2.11. The van der Waals surface area contributed by atoms with Gasteiger partial charge in [-0.15, -0.1) is 0 Å². The van der Waals surface area contributed by atoms with Crippen molar-refractivity contribution in [1.29, 1.82) is 0 Å². The van der Waals surface area contributed by atoms with Gasteiger partial charge in [-0.2, -0.15) is 0 Å². The number of aromatic nitrogens is 2. The van der Waals surface area contributed by atoms with E-state index in [1.54, 1.807) is 7.11 Å². The van der Waals surface area contributed by atoms with Gasteiger partial charge in [0.15, 0.2) is 4.73 Å². The fourth-order valence-electron chi connectivity index (χ4n) is 1.19. The van der Waals surface area contributed by atoms with Crippen LogP contribution in [0.5, 0.6) is 0 Å². The smallest absolute Gasteiger partial charge is 0.179 e. The fraction of sp³-hybridized carbons (Fsp3) is 0.700. The summed E-state index contributed by atoms with van der Waals surface area (Å²) in [5.41, 5.74) is 0. The van der Waals surface area contributed by atoms with Crippen LogP contribution in [0.25, 0.3) is 0 Å². The largest absolute Gasteiger partial charge is 0.382 e. The average Bonchev–Trinajstić information content (AvgIpc) is 2.58. The Morgan fingerprint density at radius 1 is 1.00 bits per heavy atom. The Labute approximate surface area is 132 Å². The van der Waals surface area contributed by atoms with E-state index in [0.717, 1.165) is 20.5 Å². The summed E-state index contributed by atoms with van der Waals surface area (Å²) in [6.07, 6.45) is 0. The van der Waals surface area contributed by atoms with Crippen molar-refractivity contribution in [3.05, 3.63) is 13.9 Å². The monoisotopic (exact) mass is 448 g/mol. The van der Waals surface area contributed by atoms with Crippen molar-refractivity contribution in [3.8, 4) is 0 Å². The van der Waals surface area contributed by atoms with Gasteiger partial charge < -0.3 is 18.8 Å². The van der Waals surface area contributed by atoms with E-state index >= 15 is 0 Å². The first kappa shape index (κ1) is 16.6. The molecule has 0 atom stereocenters. The number of rotatable bonds is 9. The van der Waals surface area contributed by atoms with Crippen LogP contribution in [0.1, 0.15) is 0 Å². The highest BCUT2D eigenvalue weighted by atomic mass is 79.9. The third-order valence-corrected chi connectivity index (χ3v) is 4.58. The lowest BCUT2D eigenvalue weighted by molar-refractivity contribution is 0.0229. The Morgan fingerprint density at radius 3 is 2.17 bits per heavy atom. The summed E-state index contributed by atoms with van der Waals surface area (Å²) in [5.74, 6) is 0. The highest BCUT2D eigenvalue weighted by molar-refractivity contribution is 9.13. The minimum absolute atomic E-state index is 0.578. The lowest BCUT2D eigenvalue weighted by Gasteiger charge is -2.07. The molecule has 0 aliphatic carbocycles. The first-order valence-electron chi connectivity index (χ1n) is 5.38. The summed E-state index contributed by atoms with van der Waals surface area (Å²) in [7, 11) is 1.65. The molecule has 1 aromatic heterocycles. The SMILES string of the molecule is COCCOCCOCCn1c(Br)nc(Br)c1Br. The minimum Gasteiger partial charge on any atom is -0.382 e. The van der Waals surface area contributed by atoms with Gasteiger partial charge in [0.2, 0.25) is 0 Å². The first-order valence-corrected chi connectivity index (χ1v) is 7.76. The van der Waals surface area contributed by atoms with Crippen LogP contribution in [0.4, 0.5) is 0 Å². The van der Waals surface area contributed by atoms with Crippen LogP contribution in [0.3, 0.4) is 0 Å². The first-order chi connectivity index (χ1) is 8.66.